The van der Waals surface area contributed by atoms with Crippen LogP contribution in [0.3, 0.4) is 0 Å². The summed E-state index contributed by atoms with van der Waals surface area (Å²) in [6, 6.07) is 2.10. The predicted octanol–water partition coefficient (Wildman–Crippen LogP) is 6.48. The van der Waals surface area contributed by atoms with E-state index >= 15 is 0 Å². The van der Waals surface area contributed by atoms with Crippen LogP contribution in [0.15, 0.2) is 12.4 Å². The van der Waals surface area contributed by atoms with Gasteiger partial charge in [-0.3, -0.25) is 9.48 Å². The van der Waals surface area contributed by atoms with E-state index < -0.39 is 6.16 Å². The van der Waals surface area contributed by atoms with Crippen molar-refractivity contribution in [3.63, 3.8) is 0 Å². The SMILES string of the molecule is CC.C[C@H]1CC[C@@H]2C3CC[C@@]4(C)C(CC[C@@H]4C(=O)Cn4cc(C#N)cn4)[C@@H]3CC[C@@H]2C1.O=C(O)O. The van der Waals surface area contributed by atoms with Crippen LogP contribution < -0.4 is 0 Å². The molecule has 2 unspecified atom stereocenters. The maximum atomic E-state index is 13.3. The van der Waals surface area contributed by atoms with Crippen LogP contribution in [-0.2, 0) is 11.3 Å². The first-order valence-corrected chi connectivity index (χ1v) is 13.6. The van der Waals surface area contributed by atoms with Crippen molar-refractivity contribution in [1.29, 1.82) is 5.26 Å². The Hall–Kier alpha value is -2.36. The topological polar surface area (TPSA) is 116 Å². The third-order valence-electron chi connectivity index (χ3n) is 9.69. The fourth-order valence-corrected chi connectivity index (χ4v) is 8.39. The van der Waals surface area contributed by atoms with Crippen LogP contribution in [0, 0.1) is 58.2 Å². The molecular formula is C28H43N3O4. The summed E-state index contributed by atoms with van der Waals surface area (Å²) in [6.07, 6.45) is 13.5. The Labute approximate surface area is 209 Å². The summed E-state index contributed by atoms with van der Waals surface area (Å²) < 4.78 is 1.66. The quantitative estimate of drug-likeness (QED) is 0.506. The van der Waals surface area contributed by atoms with Crippen molar-refractivity contribution < 1.29 is 19.8 Å². The van der Waals surface area contributed by atoms with E-state index in [4.69, 9.17) is 20.3 Å². The molecule has 0 spiro atoms. The number of ketones is 1. The van der Waals surface area contributed by atoms with E-state index in [1.54, 1.807) is 17.1 Å². The van der Waals surface area contributed by atoms with Gasteiger partial charge in [0.15, 0.2) is 5.78 Å². The lowest BCUT2D eigenvalue weighted by Crippen LogP contribution is -2.49. The highest BCUT2D eigenvalue weighted by molar-refractivity contribution is 5.82. The van der Waals surface area contributed by atoms with Crippen LogP contribution >= 0.6 is 0 Å². The highest BCUT2D eigenvalue weighted by Crippen LogP contribution is 2.64. The van der Waals surface area contributed by atoms with Gasteiger partial charge >= 0.3 is 6.16 Å². The summed E-state index contributed by atoms with van der Waals surface area (Å²) in [5, 5.41) is 27.2. The fraction of sp³-hybridized carbons (Fsp3) is 0.786. The summed E-state index contributed by atoms with van der Waals surface area (Å²) in [5.74, 6) is 5.92. The van der Waals surface area contributed by atoms with Crippen LogP contribution in [0.25, 0.3) is 0 Å². The number of carbonyl (C=O) groups is 2. The van der Waals surface area contributed by atoms with Gasteiger partial charge < -0.3 is 10.2 Å². The van der Waals surface area contributed by atoms with E-state index in [1.165, 1.54) is 51.4 Å². The minimum absolute atomic E-state index is 0.173. The Balaban J connectivity index is 0.000000521. The molecule has 4 saturated carbocycles. The molecule has 0 aromatic carbocycles. The first-order chi connectivity index (χ1) is 16.7. The van der Waals surface area contributed by atoms with Gasteiger partial charge in [-0.15, -0.1) is 0 Å². The van der Waals surface area contributed by atoms with E-state index in [-0.39, 0.29) is 11.3 Å². The molecule has 2 N–H and O–H groups in total. The number of hydrogen-bond donors (Lipinski definition) is 2. The van der Waals surface area contributed by atoms with Gasteiger partial charge in [-0.05, 0) is 92.3 Å². The lowest BCUT2D eigenvalue weighted by Gasteiger charge is -2.56. The van der Waals surface area contributed by atoms with Crippen LogP contribution in [-0.4, -0.2) is 31.9 Å². The van der Waals surface area contributed by atoms with Crippen LogP contribution in [0.2, 0.25) is 0 Å². The predicted molar refractivity (Wildman–Crippen MR) is 134 cm³/mol. The van der Waals surface area contributed by atoms with Crippen molar-refractivity contribution in [3.8, 4) is 6.07 Å². The third-order valence-corrected chi connectivity index (χ3v) is 9.69. The van der Waals surface area contributed by atoms with Crippen LogP contribution in [0.4, 0.5) is 4.79 Å². The standard InChI is InChI=1S/C25H35N3O.C2H6.CH2O3/c1-16-3-5-19-18(11-16)4-6-21-20(19)9-10-25(2)22(21)7-8-23(25)24(29)15-28-14-17(12-26)13-27-28;1-2;2-1(3)4/h13-14,16,18-23H,3-11,15H2,1-2H3;1-2H3;(H2,2,3,4)/t16-,18+,19-,20?,21+,22?,23+,25-;;/m0../s1. The smallest absolute Gasteiger partial charge is 0.450 e. The second-order valence-corrected chi connectivity index (χ2v) is 11.3. The van der Waals surface area contributed by atoms with Gasteiger partial charge in [0.2, 0.25) is 0 Å². The Morgan fingerprint density at radius 1 is 1.09 bits per heavy atom. The molecular weight excluding hydrogens is 442 g/mol. The second-order valence-electron chi connectivity index (χ2n) is 11.3. The molecule has 194 valence electrons. The number of hydrogen-bond acceptors (Lipinski definition) is 4. The molecule has 4 fully saturated rings. The first-order valence-electron chi connectivity index (χ1n) is 13.6. The van der Waals surface area contributed by atoms with Crippen molar-refractivity contribution in [3.05, 3.63) is 18.0 Å². The monoisotopic (exact) mass is 485 g/mol. The summed E-state index contributed by atoms with van der Waals surface area (Å²) in [4.78, 5) is 21.8. The zero-order valence-corrected chi connectivity index (χ0v) is 21.8. The second kappa shape index (κ2) is 11.6. The number of nitrogens with zero attached hydrogens (tertiary/aromatic N) is 3. The van der Waals surface area contributed by atoms with Gasteiger partial charge in [0.05, 0.1) is 18.3 Å². The molecule has 7 heteroatoms. The first kappa shape index (κ1) is 27.2. The number of Topliss-reactive ketones (excluding diaryl/α,β-unsaturated/α-hetero) is 1. The largest absolute Gasteiger partial charge is 0.503 e. The number of carboxylic acid groups (broad SMARTS) is 2. The van der Waals surface area contributed by atoms with E-state index in [2.05, 4.69) is 25.0 Å². The summed E-state index contributed by atoms with van der Waals surface area (Å²) in [6.45, 7) is 9.21. The zero-order chi connectivity index (χ0) is 25.8. The minimum atomic E-state index is -1.83. The average Bonchev–Trinajstić information content (AvgIpc) is 3.43. The van der Waals surface area contributed by atoms with Crippen molar-refractivity contribution in [2.45, 2.75) is 92.0 Å². The third kappa shape index (κ3) is 5.73. The van der Waals surface area contributed by atoms with Crippen LogP contribution in [0.5, 0.6) is 0 Å². The number of fused-ring (bicyclic) bond motifs is 5. The Morgan fingerprint density at radius 3 is 2.43 bits per heavy atom. The van der Waals surface area contributed by atoms with Crippen LogP contribution in [0.1, 0.15) is 91.0 Å². The molecule has 1 aromatic heterocycles. The molecule has 5 rings (SSSR count). The van der Waals surface area contributed by atoms with E-state index in [9.17, 15) is 4.79 Å². The zero-order valence-electron chi connectivity index (χ0n) is 21.8. The van der Waals surface area contributed by atoms with E-state index in [0.29, 0.717) is 17.9 Å². The number of carbonyl (C=O) groups excluding carboxylic acids is 1. The van der Waals surface area contributed by atoms with Crippen molar-refractivity contribution in [2.75, 3.05) is 0 Å². The molecule has 35 heavy (non-hydrogen) atoms. The number of aromatic nitrogens is 2. The summed E-state index contributed by atoms with van der Waals surface area (Å²) >= 11 is 0. The molecule has 1 aromatic rings. The molecule has 4 aliphatic rings. The fourth-order valence-electron chi connectivity index (χ4n) is 8.39. The van der Waals surface area contributed by atoms with Crippen molar-refractivity contribution in [2.24, 2.45) is 46.8 Å². The molecule has 0 saturated heterocycles. The van der Waals surface area contributed by atoms with Gasteiger partial charge in [-0.2, -0.15) is 10.4 Å². The van der Waals surface area contributed by atoms with Crippen molar-refractivity contribution in [1.82, 2.24) is 9.78 Å². The molecule has 7 nitrogen and oxygen atoms in total. The summed E-state index contributed by atoms with van der Waals surface area (Å²) in [7, 11) is 0. The van der Waals surface area contributed by atoms with Gasteiger partial charge in [-0.25, -0.2) is 4.79 Å². The number of rotatable bonds is 3. The highest BCUT2D eigenvalue weighted by atomic mass is 16.6. The van der Waals surface area contributed by atoms with Gasteiger partial charge in [0, 0.05) is 12.1 Å². The van der Waals surface area contributed by atoms with Crippen molar-refractivity contribution >= 4 is 11.9 Å². The molecule has 0 radical (unpaired) electrons. The van der Waals surface area contributed by atoms with Gasteiger partial charge in [0.1, 0.15) is 6.07 Å². The van der Waals surface area contributed by atoms with Gasteiger partial charge in [0.25, 0.3) is 0 Å². The average molecular weight is 486 g/mol. The molecule has 4 aliphatic carbocycles. The maximum Gasteiger partial charge on any atom is 0.503 e. The maximum absolute atomic E-state index is 13.3. The lowest BCUT2D eigenvalue weighted by molar-refractivity contribution is -0.131. The minimum Gasteiger partial charge on any atom is -0.450 e. The number of nitriles is 1. The highest BCUT2D eigenvalue weighted by Gasteiger charge is 2.58. The normalized spacial score (nSPS) is 37.1. The van der Waals surface area contributed by atoms with Gasteiger partial charge in [-0.1, -0.05) is 34.1 Å². The Bertz CT molecular complexity index is 918. The van der Waals surface area contributed by atoms with E-state index in [0.717, 1.165) is 41.9 Å². The summed E-state index contributed by atoms with van der Waals surface area (Å²) in [5.41, 5.74) is 0.713. The Morgan fingerprint density at radius 2 is 1.77 bits per heavy atom. The lowest BCUT2D eigenvalue weighted by atomic mass is 9.49. The van der Waals surface area contributed by atoms with E-state index in [1.807, 2.05) is 13.8 Å². The molecule has 8 atom stereocenters. The molecule has 0 aliphatic heterocycles. The molecule has 1 heterocycles. The molecule has 0 bridgehead atoms. The Kier molecular flexibility index (Phi) is 9.01. The molecule has 0 amide bonds.